The highest BCUT2D eigenvalue weighted by Gasteiger charge is 2.14. The zero-order chi connectivity index (χ0) is 14.9. The zero-order valence-electron chi connectivity index (χ0n) is 11.3. The Morgan fingerprint density at radius 3 is 3.00 bits per heavy atom. The molecule has 0 saturated carbocycles. The number of para-hydroxylation sites is 1. The summed E-state index contributed by atoms with van der Waals surface area (Å²) in [7, 11) is 0. The number of benzene rings is 1. The number of carbonyl (C=O) groups excluding carboxylic acids is 1. The minimum Gasteiger partial charge on any atom is -0.351 e. The zero-order valence-corrected chi connectivity index (χ0v) is 12.1. The summed E-state index contributed by atoms with van der Waals surface area (Å²) in [6, 6.07) is 9.04. The van der Waals surface area contributed by atoms with Gasteiger partial charge in [0.2, 0.25) is 5.76 Å². The number of thiazole rings is 1. The van der Waals surface area contributed by atoms with Crippen molar-refractivity contribution < 1.29 is 9.32 Å². The number of nitrogens with zero attached hydrogens (tertiary/aromatic N) is 3. The van der Waals surface area contributed by atoms with E-state index in [1.54, 1.807) is 11.3 Å². The molecule has 0 unspecified atom stereocenters. The summed E-state index contributed by atoms with van der Waals surface area (Å²) >= 11 is 1.56. The third kappa shape index (κ3) is 2.17. The third-order valence-electron chi connectivity index (χ3n) is 3.21. The van der Waals surface area contributed by atoms with Gasteiger partial charge in [0.05, 0.1) is 17.6 Å². The number of hydrogen-bond acceptors (Lipinski definition) is 5. The number of carbonyl (C=O) groups is 1. The molecular formula is C15H10N4O2S. The monoisotopic (exact) mass is 310 g/mol. The lowest BCUT2D eigenvalue weighted by Gasteiger charge is -2.07. The van der Waals surface area contributed by atoms with Crippen LogP contribution in [0.25, 0.3) is 16.2 Å². The predicted octanol–water partition coefficient (Wildman–Crippen LogP) is 3.30. The fourth-order valence-electron chi connectivity index (χ4n) is 2.19. The van der Waals surface area contributed by atoms with Gasteiger partial charge in [0.1, 0.15) is 0 Å². The lowest BCUT2D eigenvalue weighted by atomic mass is 10.1. The average Bonchev–Trinajstić information content (AvgIpc) is 3.24. The molecule has 0 saturated heterocycles. The summed E-state index contributed by atoms with van der Waals surface area (Å²) in [4.78, 5) is 17.6. The first-order valence-corrected chi connectivity index (χ1v) is 7.43. The second kappa shape index (κ2) is 5.12. The Labute approximate surface area is 129 Å². The van der Waals surface area contributed by atoms with Gasteiger partial charge in [0.15, 0.2) is 4.96 Å². The Balaban J connectivity index is 1.71. The van der Waals surface area contributed by atoms with E-state index in [0.29, 0.717) is 5.69 Å². The minimum absolute atomic E-state index is 0.167. The molecule has 0 bridgehead atoms. The SMILES string of the molecule is O=C(Nc1ccccc1-c1cn2ccsc2n1)c1ccno1. The van der Waals surface area contributed by atoms with E-state index in [0.717, 1.165) is 16.2 Å². The van der Waals surface area contributed by atoms with Gasteiger partial charge in [-0.05, 0) is 6.07 Å². The first-order chi connectivity index (χ1) is 10.8. The molecule has 0 aliphatic carbocycles. The van der Waals surface area contributed by atoms with Gasteiger partial charge in [-0.2, -0.15) is 0 Å². The van der Waals surface area contributed by atoms with Gasteiger partial charge in [-0.25, -0.2) is 4.98 Å². The first-order valence-electron chi connectivity index (χ1n) is 6.55. The molecule has 1 aromatic carbocycles. The predicted molar refractivity (Wildman–Crippen MR) is 83.0 cm³/mol. The van der Waals surface area contributed by atoms with Gasteiger partial charge in [-0.15, -0.1) is 11.3 Å². The van der Waals surface area contributed by atoms with Gasteiger partial charge in [0, 0.05) is 29.4 Å². The molecule has 1 amide bonds. The lowest BCUT2D eigenvalue weighted by molar-refractivity contribution is 0.0988. The highest BCUT2D eigenvalue weighted by atomic mass is 32.1. The molecule has 4 rings (SSSR count). The molecule has 1 N–H and O–H groups in total. The van der Waals surface area contributed by atoms with Crippen molar-refractivity contribution in [2.75, 3.05) is 5.32 Å². The van der Waals surface area contributed by atoms with E-state index in [9.17, 15) is 4.79 Å². The second-order valence-corrected chi connectivity index (χ2v) is 5.47. The quantitative estimate of drug-likeness (QED) is 0.630. The Morgan fingerprint density at radius 1 is 1.27 bits per heavy atom. The summed E-state index contributed by atoms with van der Waals surface area (Å²) in [5, 5.41) is 8.34. The number of hydrogen-bond donors (Lipinski definition) is 1. The van der Waals surface area contributed by atoms with E-state index in [2.05, 4.69) is 15.5 Å². The standard InChI is InChI=1S/C15H10N4O2S/c20-14(13-5-6-16-21-13)17-11-4-2-1-3-10(11)12-9-19-7-8-22-15(19)18-12/h1-9H,(H,17,20). The van der Waals surface area contributed by atoms with E-state index in [1.165, 1.54) is 12.3 Å². The number of imidazole rings is 1. The van der Waals surface area contributed by atoms with Crippen molar-refractivity contribution in [1.29, 1.82) is 0 Å². The number of rotatable bonds is 3. The lowest BCUT2D eigenvalue weighted by Crippen LogP contribution is -2.11. The summed E-state index contributed by atoms with van der Waals surface area (Å²) in [5.41, 5.74) is 2.33. The van der Waals surface area contributed by atoms with Crippen LogP contribution >= 0.6 is 11.3 Å². The van der Waals surface area contributed by atoms with Crippen LogP contribution < -0.4 is 5.32 Å². The van der Waals surface area contributed by atoms with Crippen molar-refractivity contribution in [2.45, 2.75) is 0 Å². The molecule has 7 heteroatoms. The Kier molecular flexibility index (Phi) is 2.97. The van der Waals surface area contributed by atoms with E-state index >= 15 is 0 Å². The molecule has 22 heavy (non-hydrogen) atoms. The summed E-state index contributed by atoms with van der Waals surface area (Å²) in [6.07, 6.45) is 5.32. The maximum absolute atomic E-state index is 12.1. The van der Waals surface area contributed by atoms with Crippen LogP contribution in [0.2, 0.25) is 0 Å². The Hall–Kier alpha value is -2.93. The second-order valence-electron chi connectivity index (χ2n) is 4.60. The topological polar surface area (TPSA) is 72.4 Å². The molecule has 108 valence electrons. The van der Waals surface area contributed by atoms with Crippen molar-refractivity contribution in [3.63, 3.8) is 0 Å². The van der Waals surface area contributed by atoms with Crippen molar-refractivity contribution in [3.8, 4) is 11.3 Å². The number of aromatic nitrogens is 3. The summed E-state index contributed by atoms with van der Waals surface area (Å²) in [5.74, 6) is -0.174. The summed E-state index contributed by atoms with van der Waals surface area (Å²) in [6.45, 7) is 0. The number of fused-ring (bicyclic) bond motifs is 1. The van der Waals surface area contributed by atoms with Crippen LogP contribution in [0.5, 0.6) is 0 Å². The molecule has 4 aromatic rings. The van der Waals surface area contributed by atoms with E-state index < -0.39 is 0 Å². The fourth-order valence-corrected chi connectivity index (χ4v) is 2.89. The maximum Gasteiger partial charge on any atom is 0.294 e. The molecule has 6 nitrogen and oxygen atoms in total. The Bertz CT molecular complexity index is 911. The molecule has 0 spiro atoms. The molecular weight excluding hydrogens is 300 g/mol. The van der Waals surface area contributed by atoms with Crippen LogP contribution in [0.1, 0.15) is 10.6 Å². The highest BCUT2D eigenvalue weighted by molar-refractivity contribution is 7.15. The number of amides is 1. The van der Waals surface area contributed by atoms with Crippen molar-refractivity contribution in [2.24, 2.45) is 0 Å². The molecule has 0 atom stereocenters. The van der Waals surface area contributed by atoms with E-state index in [-0.39, 0.29) is 11.7 Å². The van der Waals surface area contributed by atoms with Crippen molar-refractivity contribution in [1.82, 2.24) is 14.5 Å². The van der Waals surface area contributed by atoms with Crippen LogP contribution in [0.15, 0.2) is 58.8 Å². The molecule has 0 fully saturated rings. The maximum atomic E-state index is 12.1. The minimum atomic E-state index is -0.342. The number of anilines is 1. The van der Waals surface area contributed by atoms with Crippen LogP contribution in [0.4, 0.5) is 5.69 Å². The van der Waals surface area contributed by atoms with E-state index in [4.69, 9.17) is 4.52 Å². The third-order valence-corrected chi connectivity index (χ3v) is 3.98. The summed E-state index contributed by atoms with van der Waals surface area (Å²) < 4.78 is 6.82. The van der Waals surface area contributed by atoms with Gasteiger partial charge in [-0.1, -0.05) is 23.4 Å². The Morgan fingerprint density at radius 2 is 2.18 bits per heavy atom. The van der Waals surface area contributed by atoms with Gasteiger partial charge in [0.25, 0.3) is 5.91 Å². The molecule has 3 aromatic heterocycles. The fraction of sp³-hybridized carbons (Fsp3) is 0. The van der Waals surface area contributed by atoms with Gasteiger partial charge in [-0.3, -0.25) is 9.20 Å². The number of nitrogens with one attached hydrogen (secondary N) is 1. The highest BCUT2D eigenvalue weighted by Crippen LogP contribution is 2.28. The first kappa shape index (κ1) is 12.8. The molecule has 0 aliphatic rings. The van der Waals surface area contributed by atoms with Crippen LogP contribution in [0.3, 0.4) is 0 Å². The van der Waals surface area contributed by atoms with Gasteiger partial charge >= 0.3 is 0 Å². The van der Waals surface area contributed by atoms with Crippen LogP contribution in [-0.4, -0.2) is 20.4 Å². The molecule has 0 radical (unpaired) electrons. The van der Waals surface area contributed by atoms with Crippen LogP contribution in [-0.2, 0) is 0 Å². The largest absolute Gasteiger partial charge is 0.351 e. The van der Waals surface area contributed by atoms with Crippen LogP contribution in [0, 0.1) is 0 Å². The van der Waals surface area contributed by atoms with Gasteiger partial charge < -0.3 is 9.84 Å². The van der Waals surface area contributed by atoms with Crippen molar-refractivity contribution in [3.05, 3.63) is 60.1 Å². The molecule has 0 aliphatic heterocycles. The molecule has 3 heterocycles. The average molecular weight is 310 g/mol. The smallest absolute Gasteiger partial charge is 0.294 e. The normalized spacial score (nSPS) is 10.9. The van der Waals surface area contributed by atoms with Crippen molar-refractivity contribution >= 4 is 27.9 Å². The van der Waals surface area contributed by atoms with E-state index in [1.807, 2.05) is 46.4 Å².